The van der Waals surface area contributed by atoms with Gasteiger partial charge in [0, 0.05) is 50.4 Å². The summed E-state index contributed by atoms with van der Waals surface area (Å²) in [6.07, 6.45) is 8.79. The lowest BCUT2D eigenvalue weighted by Crippen LogP contribution is -2.55. The number of carbonyl (C=O) groups excluding carboxylic acids is 2. The van der Waals surface area contributed by atoms with Gasteiger partial charge in [-0.25, -0.2) is 0 Å². The van der Waals surface area contributed by atoms with Gasteiger partial charge in [0.1, 0.15) is 0 Å². The summed E-state index contributed by atoms with van der Waals surface area (Å²) < 4.78 is 0. The number of halogens is 1. The van der Waals surface area contributed by atoms with Gasteiger partial charge in [0.2, 0.25) is 5.91 Å². The van der Waals surface area contributed by atoms with Gasteiger partial charge in [0.15, 0.2) is 0 Å². The molecule has 2 aliphatic rings. The van der Waals surface area contributed by atoms with Crippen molar-refractivity contribution in [1.29, 1.82) is 0 Å². The molecule has 1 spiro atoms. The number of hydrogen-bond acceptors (Lipinski definition) is 3. The third-order valence-electron chi connectivity index (χ3n) is 5.43. The van der Waals surface area contributed by atoms with E-state index in [1.807, 2.05) is 9.80 Å². The summed E-state index contributed by atoms with van der Waals surface area (Å²) in [5, 5.41) is 0.478. The largest absolute Gasteiger partial charge is 0.342 e. The first-order valence-electron chi connectivity index (χ1n) is 9.21. The zero-order chi connectivity index (χ0) is 17.9. The van der Waals surface area contributed by atoms with Gasteiger partial charge in [-0.15, -0.1) is 0 Å². The number of carbonyl (C=O) groups is 2. The molecule has 2 aliphatic heterocycles. The Kier molecular flexibility index (Phi) is 5.62. The highest BCUT2D eigenvalue weighted by molar-refractivity contribution is 6.30. The minimum Gasteiger partial charge on any atom is -0.342 e. The van der Waals surface area contributed by atoms with Crippen molar-refractivity contribution in [2.45, 2.75) is 45.4 Å². The number of amides is 2. The number of aromatic nitrogens is 1. The van der Waals surface area contributed by atoms with Crippen LogP contribution in [0.25, 0.3) is 0 Å². The van der Waals surface area contributed by atoms with Crippen LogP contribution in [0.1, 0.15) is 55.8 Å². The molecule has 2 saturated heterocycles. The fourth-order valence-corrected chi connectivity index (χ4v) is 4.25. The molecule has 0 bridgehead atoms. The van der Waals surface area contributed by atoms with Crippen molar-refractivity contribution in [3.8, 4) is 0 Å². The number of unbranched alkanes of at least 4 members (excludes halogenated alkanes) is 1. The van der Waals surface area contributed by atoms with Crippen molar-refractivity contribution in [3.63, 3.8) is 0 Å². The molecule has 2 fully saturated rings. The minimum absolute atomic E-state index is 0.00826. The minimum atomic E-state index is -0.00826. The first-order valence-corrected chi connectivity index (χ1v) is 9.58. The second-order valence-corrected chi connectivity index (χ2v) is 7.83. The van der Waals surface area contributed by atoms with Gasteiger partial charge in [-0.3, -0.25) is 14.6 Å². The quantitative estimate of drug-likeness (QED) is 0.824. The third kappa shape index (κ3) is 4.14. The molecule has 2 amide bonds. The zero-order valence-corrected chi connectivity index (χ0v) is 15.6. The molecule has 1 aromatic heterocycles. The van der Waals surface area contributed by atoms with Crippen LogP contribution in [0.15, 0.2) is 18.5 Å². The van der Waals surface area contributed by atoms with Crippen LogP contribution in [0.2, 0.25) is 5.02 Å². The van der Waals surface area contributed by atoms with E-state index in [1.54, 1.807) is 12.3 Å². The van der Waals surface area contributed by atoms with E-state index in [0.717, 1.165) is 51.7 Å². The molecule has 136 valence electrons. The number of rotatable bonds is 4. The molecule has 0 radical (unpaired) electrons. The summed E-state index contributed by atoms with van der Waals surface area (Å²) in [4.78, 5) is 33.0. The van der Waals surface area contributed by atoms with Gasteiger partial charge in [0.25, 0.3) is 5.91 Å². The zero-order valence-electron chi connectivity index (χ0n) is 14.8. The summed E-state index contributed by atoms with van der Waals surface area (Å²) in [5.74, 6) is 0.257. The third-order valence-corrected chi connectivity index (χ3v) is 5.64. The smallest absolute Gasteiger partial charge is 0.255 e. The predicted octanol–water partition coefficient (Wildman–Crippen LogP) is 3.38. The molecule has 25 heavy (non-hydrogen) atoms. The molecule has 1 aromatic rings. The van der Waals surface area contributed by atoms with Crippen molar-refractivity contribution < 1.29 is 9.59 Å². The Bertz CT molecular complexity index is 651. The monoisotopic (exact) mass is 363 g/mol. The SMILES string of the molecule is CCCCN1CC2(CCCN(C(=O)c3cncc(Cl)c3)C2)CCC1=O. The Balaban J connectivity index is 1.71. The van der Waals surface area contributed by atoms with Crippen LogP contribution >= 0.6 is 11.6 Å². The maximum absolute atomic E-state index is 12.8. The summed E-state index contributed by atoms with van der Waals surface area (Å²) in [7, 11) is 0. The van der Waals surface area contributed by atoms with Gasteiger partial charge in [0.05, 0.1) is 10.6 Å². The summed E-state index contributed by atoms with van der Waals surface area (Å²) in [5.41, 5.74) is 0.584. The van der Waals surface area contributed by atoms with Crippen LogP contribution in [0.5, 0.6) is 0 Å². The van der Waals surface area contributed by atoms with Crippen molar-refractivity contribution in [3.05, 3.63) is 29.0 Å². The number of piperidine rings is 2. The van der Waals surface area contributed by atoms with Gasteiger partial charge in [-0.05, 0) is 31.7 Å². The van der Waals surface area contributed by atoms with E-state index in [1.165, 1.54) is 6.20 Å². The highest BCUT2D eigenvalue weighted by Gasteiger charge is 2.42. The molecule has 3 rings (SSSR count). The van der Waals surface area contributed by atoms with Crippen LogP contribution in [0.4, 0.5) is 0 Å². The molecular formula is C19H26ClN3O2. The molecule has 0 aliphatic carbocycles. The molecule has 1 atom stereocenters. The van der Waals surface area contributed by atoms with Crippen LogP contribution in [0.3, 0.4) is 0 Å². The Morgan fingerprint density at radius 2 is 2.16 bits per heavy atom. The van der Waals surface area contributed by atoms with Gasteiger partial charge in [-0.1, -0.05) is 24.9 Å². The molecular weight excluding hydrogens is 338 g/mol. The predicted molar refractivity (Wildman–Crippen MR) is 97.5 cm³/mol. The van der Waals surface area contributed by atoms with Crippen molar-refractivity contribution in [2.24, 2.45) is 5.41 Å². The van der Waals surface area contributed by atoms with Crippen molar-refractivity contribution in [1.82, 2.24) is 14.8 Å². The lowest BCUT2D eigenvalue weighted by atomic mass is 9.73. The number of hydrogen-bond donors (Lipinski definition) is 0. The second-order valence-electron chi connectivity index (χ2n) is 7.39. The number of pyridine rings is 1. The van der Waals surface area contributed by atoms with Crippen LogP contribution in [-0.2, 0) is 4.79 Å². The van der Waals surface area contributed by atoms with Crippen LogP contribution in [0, 0.1) is 5.41 Å². The van der Waals surface area contributed by atoms with E-state index in [2.05, 4.69) is 11.9 Å². The van der Waals surface area contributed by atoms with Crippen LogP contribution in [-0.4, -0.2) is 52.8 Å². The molecule has 3 heterocycles. The van der Waals surface area contributed by atoms with E-state index >= 15 is 0 Å². The Morgan fingerprint density at radius 3 is 2.92 bits per heavy atom. The molecule has 6 heteroatoms. The van der Waals surface area contributed by atoms with E-state index in [0.29, 0.717) is 23.6 Å². The number of likely N-dealkylation sites (tertiary alicyclic amines) is 2. The van der Waals surface area contributed by atoms with Crippen molar-refractivity contribution in [2.75, 3.05) is 26.2 Å². The maximum Gasteiger partial charge on any atom is 0.255 e. The first-order chi connectivity index (χ1) is 12.0. The lowest BCUT2D eigenvalue weighted by molar-refractivity contribution is -0.139. The fourth-order valence-electron chi connectivity index (χ4n) is 4.08. The first kappa shape index (κ1) is 18.2. The Morgan fingerprint density at radius 1 is 1.32 bits per heavy atom. The second kappa shape index (κ2) is 7.73. The van der Waals surface area contributed by atoms with Crippen LogP contribution < -0.4 is 0 Å². The number of nitrogens with zero attached hydrogens (tertiary/aromatic N) is 3. The Labute approximate surface area is 154 Å². The van der Waals surface area contributed by atoms with E-state index in [4.69, 9.17) is 11.6 Å². The average molecular weight is 364 g/mol. The van der Waals surface area contributed by atoms with Crippen molar-refractivity contribution >= 4 is 23.4 Å². The Hall–Kier alpha value is -1.62. The summed E-state index contributed by atoms with van der Waals surface area (Å²) in [6.45, 7) is 5.24. The summed E-state index contributed by atoms with van der Waals surface area (Å²) in [6, 6.07) is 1.68. The normalized spacial score (nSPS) is 24.0. The van der Waals surface area contributed by atoms with Gasteiger partial charge >= 0.3 is 0 Å². The van der Waals surface area contributed by atoms with Gasteiger partial charge in [-0.2, -0.15) is 0 Å². The molecule has 0 aromatic carbocycles. The molecule has 0 N–H and O–H groups in total. The fraction of sp³-hybridized carbons (Fsp3) is 0.632. The highest BCUT2D eigenvalue weighted by atomic mass is 35.5. The van der Waals surface area contributed by atoms with E-state index < -0.39 is 0 Å². The average Bonchev–Trinajstić information content (AvgIpc) is 2.62. The maximum atomic E-state index is 12.8. The topological polar surface area (TPSA) is 53.5 Å². The van der Waals surface area contributed by atoms with E-state index in [-0.39, 0.29) is 17.2 Å². The van der Waals surface area contributed by atoms with Gasteiger partial charge < -0.3 is 9.80 Å². The lowest BCUT2D eigenvalue weighted by Gasteiger charge is -2.48. The summed E-state index contributed by atoms with van der Waals surface area (Å²) >= 11 is 5.98. The van der Waals surface area contributed by atoms with E-state index in [9.17, 15) is 9.59 Å². The molecule has 1 unspecified atom stereocenters. The standard InChI is InChI=1S/C19H26ClN3O2/c1-2-3-8-22-13-19(7-5-17(22)24)6-4-9-23(14-19)18(25)15-10-16(20)12-21-11-15/h10-12H,2-9,13-14H2,1H3. The highest BCUT2D eigenvalue weighted by Crippen LogP contribution is 2.39. The molecule has 5 nitrogen and oxygen atoms in total. The molecule has 0 saturated carbocycles.